The van der Waals surface area contributed by atoms with Crippen molar-refractivity contribution in [3.05, 3.63) is 35.4 Å². The second-order valence-electron chi connectivity index (χ2n) is 7.76. The topological polar surface area (TPSA) is 70.1 Å². The Labute approximate surface area is 154 Å². The Morgan fingerprint density at radius 2 is 1.85 bits per heavy atom. The molecule has 1 N–H and O–H groups in total. The van der Waals surface area contributed by atoms with Crippen molar-refractivity contribution in [3.63, 3.8) is 0 Å². The van der Waals surface area contributed by atoms with E-state index in [0.29, 0.717) is 17.9 Å². The zero-order valence-electron chi connectivity index (χ0n) is 15.6. The number of likely N-dealkylation sites (N-methyl/N-ethyl adjacent to an activating group) is 1. The molecule has 2 saturated heterocycles. The highest BCUT2D eigenvalue weighted by atomic mass is 16.5. The van der Waals surface area contributed by atoms with Gasteiger partial charge in [0, 0.05) is 25.6 Å². The predicted octanol–water partition coefficient (Wildman–Crippen LogP) is 1.52. The zero-order chi connectivity index (χ0) is 18.7. The lowest BCUT2D eigenvalue weighted by Gasteiger charge is -2.32. The molecule has 6 heteroatoms. The highest BCUT2D eigenvalue weighted by molar-refractivity contribution is 5.91. The third-order valence-corrected chi connectivity index (χ3v) is 5.79. The van der Waals surface area contributed by atoms with Gasteiger partial charge in [-0.25, -0.2) is 0 Å². The highest BCUT2D eigenvalue weighted by Crippen LogP contribution is 2.50. The minimum atomic E-state index is -0.250. The molecule has 2 atom stereocenters. The van der Waals surface area contributed by atoms with Crippen LogP contribution in [-0.4, -0.2) is 73.2 Å². The number of amides is 1. The number of ether oxygens (including phenoxy) is 1. The Hall–Kier alpha value is -1.92. The molecular formula is C20H28N2O4. The fourth-order valence-corrected chi connectivity index (χ4v) is 4.14. The number of fused-ring (bicyclic) bond motifs is 3. The van der Waals surface area contributed by atoms with Gasteiger partial charge in [-0.2, -0.15) is 0 Å². The maximum Gasteiger partial charge on any atom is 0.290 e. The normalized spacial score (nSPS) is 26.9. The van der Waals surface area contributed by atoms with Gasteiger partial charge < -0.3 is 14.7 Å². The second-order valence-corrected chi connectivity index (χ2v) is 7.76. The van der Waals surface area contributed by atoms with Crippen LogP contribution in [0, 0.1) is 12.8 Å². The van der Waals surface area contributed by atoms with Crippen molar-refractivity contribution in [3.8, 4) is 0 Å². The Kier molecular flexibility index (Phi) is 5.63. The molecule has 1 aromatic rings. The molecule has 142 valence electrons. The maximum absolute atomic E-state index is 13.3. The van der Waals surface area contributed by atoms with E-state index in [2.05, 4.69) is 48.0 Å². The molecule has 4 rings (SSSR count). The van der Waals surface area contributed by atoms with Crippen LogP contribution in [-0.2, 0) is 19.7 Å². The summed E-state index contributed by atoms with van der Waals surface area (Å²) < 4.78 is 5.78. The lowest BCUT2D eigenvalue weighted by atomic mass is 9.93. The molecule has 6 nitrogen and oxygen atoms in total. The number of benzene rings is 1. The van der Waals surface area contributed by atoms with Crippen LogP contribution in [0.1, 0.15) is 24.0 Å². The molecule has 0 aromatic heterocycles. The first kappa shape index (κ1) is 18.9. The SMILES string of the molecule is Cc1ccc(C2(C(=O)N3C[C@@H]4COC[C@H](C3)N(C)C4)CC2)cc1.O=CO. The number of aryl methyl sites for hydroxylation is 1. The van der Waals surface area contributed by atoms with Crippen LogP contribution in [0.5, 0.6) is 0 Å². The van der Waals surface area contributed by atoms with Crippen molar-refractivity contribution in [1.82, 2.24) is 9.80 Å². The summed E-state index contributed by atoms with van der Waals surface area (Å²) in [6.07, 6.45) is 1.99. The molecule has 2 bridgehead atoms. The Balaban J connectivity index is 0.000000613. The second kappa shape index (κ2) is 7.76. The van der Waals surface area contributed by atoms with Crippen molar-refractivity contribution in [1.29, 1.82) is 0 Å². The largest absolute Gasteiger partial charge is 0.483 e. The number of nitrogens with zero attached hydrogens (tertiary/aromatic N) is 2. The van der Waals surface area contributed by atoms with Crippen molar-refractivity contribution < 1.29 is 19.4 Å². The summed E-state index contributed by atoms with van der Waals surface area (Å²) in [5.74, 6) is 0.777. The van der Waals surface area contributed by atoms with Crippen LogP contribution in [0.4, 0.5) is 0 Å². The fourth-order valence-electron chi connectivity index (χ4n) is 4.14. The lowest BCUT2D eigenvalue weighted by Crippen LogP contribution is -2.48. The predicted molar refractivity (Wildman–Crippen MR) is 98.1 cm³/mol. The van der Waals surface area contributed by atoms with Gasteiger partial charge in [0.2, 0.25) is 5.91 Å². The first-order valence-electron chi connectivity index (χ1n) is 9.22. The van der Waals surface area contributed by atoms with Gasteiger partial charge in [0.15, 0.2) is 0 Å². The van der Waals surface area contributed by atoms with Crippen LogP contribution >= 0.6 is 0 Å². The molecule has 2 aliphatic heterocycles. The number of carbonyl (C=O) groups excluding carboxylic acids is 1. The molecule has 1 aromatic carbocycles. The molecule has 0 unspecified atom stereocenters. The van der Waals surface area contributed by atoms with Gasteiger partial charge in [-0.3, -0.25) is 14.5 Å². The van der Waals surface area contributed by atoms with Crippen molar-refractivity contribution >= 4 is 12.4 Å². The van der Waals surface area contributed by atoms with Crippen LogP contribution < -0.4 is 0 Å². The summed E-state index contributed by atoms with van der Waals surface area (Å²) in [6.45, 7) is 6.05. The summed E-state index contributed by atoms with van der Waals surface area (Å²) >= 11 is 0. The van der Waals surface area contributed by atoms with E-state index < -0.39 is 0 Å². The summed E-state index contributed by atoms with van der Waals surface area (Å²) in [7, 11) is 2.16. The average Bonchev–Trinajstić information content (AvgIpc) is 3.41. The quantitative estimate of drug-likeness (QED) is 0.810. The van der Waals surface area contributed by atoms with Crippen molar-refractivity contribution in [2.45, 2.75) is 31.2 Å². The van der Waals surface area contributed by atoms with E-state index in [1.165, 1.54) is 11.1 Å². The van der Waals surface area contributed by atoms with Crippen LogP contribution in [0.15, 0.2) is 24.3 Å². The minimum Gasteiger partial charge on any atom is -0.483 e. The molecule has 1 saturated carbocycles. The molecular weight excluding hydrogens is 332 g/mol. The van der Waals surface area contributed by atoms with E-state index in [4.69, 9.17) is 14.6 Å². The smallest absolute Gasteiger partial charge is 0.290 e. The van der Waals surface area contributed by atoms with Gasteiger partial charge in [-0.05, 0) is 32.4 Å². The lowest BCUT2D eigenvalue weighted by molar-refractivity contribution is -0.135. The monoisotopic (exact) mass is 360 g/mol. The first-order chi connectivity index (χ1) is 12.5. The molecule has 0 radical (unpaired) electrons. The summed E-state index contributed by atoms with van der Waals surface area (Å²) in [5, 5.41) is 6.89. The van der Waals surface area contributed by atoms with Gasteiger partial charge in [-0.15, -0.1) is 0 Å². The van der Waals surface area contributed by atoms with Crippen molar-refractivity contribution in [2.24, 2.45) is 5.92 Å². The Bertz CT molecular complexity index is 642. The first-order valence-corrected chi connectivity index (χ1v) is 9.22. The molecule has 2 heterocycles. The molecule has 1 aliphatic carbocycles. The molecule has 3 fully saturated rings. The third kappa shape index (κ3) is 3.76. The zero-order valence-corrected chi connectivity index (χ0v) is 15.6. The Morgan fingerprint density at radius 1 is 1.19 bits per heavy atom. The van der Waals surface area contributed by atoms with Crippen LogP contribution in [0.2, 0.25) is 0 Å². The van der Waals surface area contributed by atoms with E-state index in [-0.39, 0.29) is 11.9 Å². The van der Waals surface area contributed by atoms with Crippen LogP contribution in [0.25, 0.3) is 0 Å². The number of carbonyl (C=O) groups is 2. The Morgan fingerprint density at radius 3 is 2.46 bits per heavy atom. The van der Waals surface area contributed by atoms with E-state index >= 15 is 0 Å². The summed E-state index contributed by atoms with van der Waals surface area (Å²) in [6, 6.07) is 8.88. The van der Waals surface area contributed by atoms with E-state index in [1.807, 2.05) is 0 Å². The highest BCUT2D eigenvalue weighted by Gasteiger charge is 2.53. The van der Waals surface area contributed by atoms with Gasteiger partial charge in [-0.1, -0.05) is 29.8 Å². The van der Waals surface area contributed by atoms with Crippen LogP contribution in [0.3, 0.4) is 0 Å². The van der Waals surface area contributed by atoms with Crippen molar-refractivity contribution in [2.75, 3.05) is 39.9 Å². The average molecular weight is 360 g/mol. The summed E-state index contributed by atoms with van der Waals surface area (Å²) in [5.41, 5.74) is 2.21. The number of rotatable bonds is 2. The number of hydrogen-bond acceptors (Lipinski definition) is 4. The van der Waals surface area contributed by atoms with E-state index in [0.717, 1.165) is 45.7 Å². The molecule has 1 amide bonds. The number of hydrogen-bond donors (Lipinski definition) is 1. The van der Waals surface area contributed by atoms with Gasteiger partial charge >= 0.3 is 0 Å². The van der Waals surface area contributed by atoms with Gasteiger partial charge in [0.05, 0.1) is 24.7 Å². The number of carboxylic acid groups (broad SMARTS) is 1. The standard InChI is InChI=1S/C19H26N2O2.CH2O2/c1-14-3-5-16(6-4-14)19(7-8-19)18(22)21-10-15-9-20(2)17(11-21)13-23-12-15;2-1-3/h3-6,15,17H,7-13H2,1-2H3;1H,(H,2,3)/t15-,17+;/m1./s1. The van der Waals surface area contributed by atoms with E-state index in [1.54, 1.807) is 0 Å². The molecule has 0 spiro atoms. The fraction of sp³-hybridized carbons (Fsp3) is 0.600. The van der Waals surface area contributed by atoms with Gasteiger partial charge in [0.25, 0.3) is 6.47 Å². The summed E-state index contributed by atoms with van der Waals surface area (Å²) in [4.78, 5) is 26.2. The third-order valence-electron chi connectivity index (χ3n) is 5.79. The maximum atomic E-state index is 13.3. The molecule has 3 aliphatic rings. The van der Waals surface area contributed by atoms with Gasteiger partial charge in [0.1, 0.15) is 0 Å². The minimum absolute atomic E-state index is 0.244. The van der Waals surface area contributed by atoms with E-state index in [9.17, 15) is 4.79 Å². The molecule has 26 heavy (non-hydrogen) atoms.